The Morgan fingerprint density at radius 1 is 1.27 bits per heavy atom. The van der Waals surface area contributed by atoms with Gasteiger partial charge in [-0.2, -0.15) is 13.2 Å². The van der Waals surface area contributed by atoms with Crippen LogP contribution in [0, 0.1) is 0 Å². The number of nitrogen functional groups attached to an aromatic ring is 1. The molecule has 118 valence electrons. The van der Waals surface area contributed by atoms with Gasteiger partial charge in [0.05, 0.1) is 15.6 Å². The van der Waals surface area contributed by atoms with Gasteiger partial charge in [-0.1, -0.05) is 36.2 Å². The maximum absolute atomic E-state index is 13.1. The lowest BCUT2D eigenvalue weighted by Gasteiger charge is -2.17. The van der Waals surface area contributed by atoms with E-state index in [1.54, 1.807) is 0 Å². The van der Waals surface area contributed by atoms with E-state index in [1.807, 2.05) is 0 Å². The lowest BCUT2D eigenvalue weighted by Crippen LogP contribution is -2.26. The van der Waals surface area contributed by atoms with E-state index in [-0.39, 0.29) is 10.0 Å². The molecule has 1 atom stereocenters. The normalized spacial score (nSPS) is 13.2. The van der Waals surface area contributed by atoms with Crippen LogP contribution in [0.4, 0.5) is 19.1 Å². The zero-order chi connectivity index (χ0) is 16.7. The first-order valence-electron chi connectivity index (χ1n) is 6.03. The van der Waals surface area contributed by atoms with Gasteiger partial charge in [-0.25, -0.2) is 4.98 Å². The van der Waals surface area contributed by atoms with E-state index in [9.17, 15) is 18.0 Å². The monoisotopic (exact) mass is 351 g/mol. The highest BCUT2D eigenvalue weighted by molar-refractivity contribution is 6.42. The summed E-state index contributed by atoms with van der Waals surface area (Å²) in [5, 5.41) is 0.442. The van der Waals surface area contributed by atoms with Crippen molar-refractivity contribution in [1.82, 2.24) is 9.97 Å². The number of nitrogens with zero attached hydrogens (tertiary/aromatic N) is 1. The number of hydrogen-bond acceptors (Lipinski definition) is 3. The Morgan fingerprint density at radius 3 is 2.45 bits per heavy atom. The molecule has 1 unspecified atom stereocenters. The number of aromatic amines is 1. The largest absolute Gasteiger partial charge is 0.433 e. The molecule has 1 aromatic carbocycles. The first-order chi connectivity index (χ1) is 10.1. The number of nitrogens with one attached hydrogen (secondary N) is 1. The molecule has 0 amide bonds. The number of anilines is 1. The van der Waals surface area contributed by atoms with Crippen LogP contribution in [0.15, 0.2) is 23.0 Å². The number of alkyl halides is 3. The molecule has 0 aliphatic heterocycles. The number of halogens is 5. The predicted molar refractivity (Wildman–Crippen MR) is 78.3 cm³/mol. The van der Waals surface area contributed by atoms with Crippen LogP contribution in [-0.4, -0.2) is 9.97 Å². The molecule has 0 bridgehead atoms. The summed E-state index contributed by atoms with van der Waals surface area (Å²) in [4.78, 5) is 17.2. The highest BCUT2D eigenvalue weighted by Gasteiger charge is 2.38. The number of rotatable bonds is 2. The van der Waals surface area contributed by atoms with Gasteiger partial charge in [0.25, 0.3) is 5.56 Å². The van der Waals surface area contributed by atoms with Crippen LogP contribution in [0.2, 0.25) is 10.0 Å². The molecule has 3 N–H and O–H groups in total. The third-order valence-electron chi connectivity index (χ3n) is 3.12. The number of H-pyrrole nitrogens is 1. The summed E-state index contributed by atoms with van der Waals surface area (Å²) < 4.78 is 39.3. The first-order valence-corrected chi connectivity index (χ1v) is 6.78. The van der Waals surface area contributed by atoms with Crippen LogP contribution in [-0.2, 0) is 6.18 Å². The van der Waals surface area contributed by atoms with Crippen molar-refractivity contribution in [3.05, 3.63) is 55.4 Å². The highest BCUT2D eigenvalue weighted by Crippen LogP contribution is 2.35. The standard InChI is InChI=1S/C13H10Cl2F3N3O/c1-5(6-2-3-7(14)8(15)4-6)9-10(13(16,17)18)20-12(19)21-11(9)22/h2-5H,1H3,(H3,19,20,21,22). The van der Waals surface area contributed by atoms with Crippen molar-refractivity contribution < 1.29 is 13.2 Å². The fourth-order valence-corrected chi connectivity index (χ4v) is 2.37. The molecule has 0 aliphatic carbocycles. The van der Waals surface area contributed by atoms with Gasteiger partial charge in [-0.05, 0) is 17.7 Å². The van der Waals surface area contributed by atoms with E-state index >= 15 is 0 Å². The summed E-state index contributed by atoms with van der Waals surface area (Å²) in [6.07, 6.45) is -4.80. The summed E-state index contributed by atoms with van der Waals surface area (Å²) in [5.41, 5.74) is 2.82. The Kier molecular flexibility index (Phi) is 4.39. The molecule has 0 fully saturated rings. The number of nitrogens with two attached hydrogens (primary N) is 1. The zero-order valence-corrected chi connectivity index (χ0v) is 12.6. The summed E-state index contributed by atoms with van der Waals surface area (Å²) in [6, 6.07) is 4.35. The van der Waals surface area contributed by atoms with Gasteiger partial charge in [-0.15, -0.1) is 0 Å². The Balaban J connectivity index is 2.65. The Bertz CT molecular complexity index is 774. The fourth-order valence-electron chi connectivity index (χ4n) is 2.07. The predicted octanol–water partition coefficient (Wildman–Crippen LogP) is 3.83. The molecular weight excluding hydrogens is 342 g/mol. The number of benzene rings is 1. The molecule has 0 spiro atoms. The molecule has 2 aromatic rings. The van der Waals surface area contributed by atoms with Crippen molar-refractivity contribution in [3.63, 3.8) is 0 Å². The lowest BCUT2D eigenvalue weighted by molar-refractivity contribution is -0.142. The summed E-state index contributed by atoms with van der Waals surface area (Å²) in [6.45, 7) is 1.44. The van der Waals surface area contributed by atoms with Crippen molar-refractivity contribution in [3.8, 4) is 0 Å². The molecular formula is C13H10Cl2F3N3O. The molecule has 1 heterocycles. The molecule has 0 aliphatic rings. The van der Waals surface area contributed by atoms with Crippen molar-refractivity contribution in [2.75, 3.05) is 5.73 Å². The molecule has 22 heavy (non-hydrogen) atoms. The van der Waals surface area contributed by atoms with E-state index in [2.05, 4.69) is 9.97 Å². The SMILES string of the molecule is CC(c1ccc(Cl)c(Cl)c1)c1c(C(F)(F)F)nc(N)[nH]c1=O. The van der Waals surface area contributed by atoms with Gasteiger partial charge >= 0.3 is 6.18 Å². The second-order valence-electron chi connectivity index (χ2n) is 4.61. The van der Waals surface area contributed by atoms with Crippen LogP contribution < -0.4 is 11.3 Å². The van der Waals surface area contributed by atoms with Crippen LogP contribution in [0.3, 0.4) is 0 Å². The van der Waals surface area contributed by atoms with Crippen molar-refractivity contribution in [1.29, 1.82) is 0 Å². The quantitative estimate of drug-likeness (QED) is 0.863. The average Bonchev–Trinajstić information content (AvgIpc) is 2.39. The van der Waals surface area contributed by atoms with Crippen LogP contribution in [0.25, 0.3) is 0 Å². The summed E-state index contributed by atoms with van der Waals surface area (Å²) in [5.74, 6) is -1.49. The lowest BCUT2D eigenvalue weighted by atomic mass is 9.92. The maximum atomic E-state index is 13.1. The minimum absolute atomic E-state index is 0.180. The van der Waals surface area contributed by atoms with E-state index < -0.39 is 34.9 Å². The zero-order valence-electron chi connectivity index (χ0n) is 11.1. The smallest absolute Gasteiger partial charge is 0.369 e. The van der Waals surface area contributed by atoms with E-state index in [1.165, 1.54) is 25.1 Å². The Labute approximate surface area is 133 Å². The summed E-state index contributed by atoms with van der Waals surface area (Å²) in [7, 11) is 0. The topological polar surface area (TPSA) is 71.8 Å². The maximum Gasteiger partial charge on any atom is 0.433 e. The molecule has 1 aromatic heterocycles. The molecule has 2 rings (SSSR count). The average molecular weight is 352 g/mol. The number of aromatic nitrogens is 2. The third kappa shape index (κ3) is 3.20. The van der Waals surface area contributed by atoms with Crippen molar-refractivity contribution in [2.24, 2.45) is 0 Å². The van der Waals surface area contributed by atoms with Gasteiger partial charge in [0, 0.05) is 5.92 Å². The molecule has 9 heteroatoms. The van der Waals surface area contributed by atoms with Crippen LogP contribution in [0.1, 0.15) is 29.7 Å². The van der Waals surface area contributed by atoms with Gasteiger partial charge < -0.3 is 5.73 Å². The van der Waals surface area contributed by atoms with E-state index in [4.69, 9.17) is 28.9 Å². The van der Waals surface area contributed by atoms with Gasteiger partial charge in [-0.3, -0.25) is 9.78 Å². The van der Waals surface area contributed by atoms with Gasteiger partial charge in [0.1, 0.15) is 0 Å². The van der Waals surface area contributed by atoms with E-state index in [0.29, 0.717) is 5.56 Å². The minimum Gasteiger partial charge on any atom is -0.369 e. The highest BCUT2D eigenvalue weighted by atomic mass is 35.5. The minimum atomic E-state index is -4.80. The van der Waals surface area contributed by atoms with Crippen molar-refractivity contribution >= 4 is 29.2 Å². The van der Waals surface area contributed by atoms with Gasteiger partial charge in [0.2, 0.25) is 5.95 Å². The summed E-state index contributed by atoms with van der Waals surface area (Å²) >= 11 is 11.6. The van der Waals surface area contributed by atoms with Crippen LogP contribution in [0.5, 0.6) is 0 Å². The third-order valence-corrected chi connectivity index (χ3v) is 3.86. The second kappa shape index (κ2) is 5.81. The van der Waals surface area contributed by atoms with Crippen LogP contribution >= 0.6 is 23.2 Å². The molecule has 0 radical (unpaired) electrons. The number of hydrogen-bond donors (Lipinski definition) is 2. The Morgan fingerprint density at radius 2 is 1.91 bits per heavy atom. The molecule has 0 saturated carbocycles. The fraction of sp³-hybridized carbons (Fsp3) is 0.231. The second-order valence-corrected chi connectivity index (χ2v) is 5.42. The van der Waals surface area contributed by atoms with Gasteiger partial charge in [0.15, 0.2) is 5.69 Å². The Hall–Kier alpha value is -1.73. The van der Waals surface area contributed by atoms with Crippen molar-refractivity contribution in [2.45, 2.75) is 19.0 Å². The first kappa shape index (κ1) is 16.6. The molecule has 4 nitrogen and oxygen atoms in total. The van der Waals surface area contributed by atoms with E-state index in [0.717, 1.165) is 0 Å². The molecule has 0 saturated heterocycles.